The van der Waals surface area contributed by atoms with Crippen LogP contribution in [0.1, 0.15) is 38.5 Å². The second kappa shape index (κ2) is 5.83. The molecule has 2 atom stereocenters. The molecule has 0 aliphatic carbocycles. The lowest BCUT2D eigenvalue weighted by Gasteiger charge is -2.38. The molecule has 2 aliphatic rings. The van der Waals surface area contributed by atoms with Gasteiger partial charge < -0.3 is 9.84 Å². The van der Waals surface area contributed by atoms with Crippen molar-refractivity contribution in [3.8, 4) is 0 Å². The van der Waals surface area contributed by atoms with Gasteiger partial charge in [-0.25, -0.2) is 0 Å². The van der Waals surface area contributed by atoms with Gasteiger partial charge in [-0.3, -0.25) is 4.90 Å². The van der Waals surface area contributed by atoms with Gasteiger partial charge in [-0.15, -0.1) is 0 Å². The monoisotopic (exact) mass is 213 g/mol. The van der Waals surface area contributed by atoms with Crippen LogP contribution in [-0.2, 0) is 4.74 Å². The van der Waals surface area contributed by atoms with Crippen molar-refractivity contribution in [1.82, 2.24) is 4.90 Å². The molecule has 0 amide bonds. The molecule has 0 saturated carbocycles. The van der Waals surface area contributed by atoms with E-state index in [1.54, 1.807) is 0 Å². The molecular formula is C12H23NO2. The maximum absolute atomic E-state index is 9.96. The van der Waals surface area contributed by atoms with Crippen molar-refractivity contribution in [2.24, 2.45) is 0 Å². The van der Waals surface area contributed by atoms with Crippen LogP contribution >= 0.6 is 0 Å². The Kier molecular flexibility index (Phi) is 4.42. The summed E-state index contributed by atoms with van der Waals surface area (Å²) in [6, 6.07) is 0.261. The van der Waals surface area contributed by atoms with E-state index in [0.717, 1.165) is 32.7 Å². The minimum absolute atomic E-state index is 0.168. The zero-order chi connectivity index (χ0) is 10.5. The van der Waals surface area contributed by atoms with Crippen molar-refractivity contribution in [3.63, 3.8) is 0 Å². The summed E-state index contributed by atoms with van der Waals surface area (Å²) in [5, 5.41) is 9.96. The maximum atomic E-state index is 9.96. The fraction of sp³-hybridized carbons (Fsp3) is 1.00. The predicted molar refractivity (Wildman–Crippen MR) is 59.9 cm³/mol. The molecule has 3 heteroatoms. The van der Waals surface area contributed by atoms with E-state index in [9.17, 15) is 5.11 Å². The summed E-state index contributed by atoms with van der Waals surface area (Å²) < 4.78 is 5.48. The summed E-state index contributed by atoms with van der Waals surface area (Å²) in [6.45, 7) is 3.74. The molecule has 0 aromatic heterocycles. The second-order valence-electron chi connectivity index (χ2n) is 4.80. The van der Waals surface area contributed by atoms with Crippen LogP contribution in [-0.4, -0.2) is 48.5 Å². The van der Waals surface area contributed by atoms with E-state index >= 15 is 0 Å². The highest BCUT2D eigenvalue weighted by molar-refractivity contribution is 4.82. The Morgan fingerprint density at radius 3 is 2.33 bits per heavy atom. The summed E-state index contributed by atoms with van der Waals surface area (Å²) >= 11 is 0. The Balaban J connectivity index is 1.87. The van der Waals surface area contributed by atoms with Gasteiger partial charge in [0.05, 0.1) is 18.8 Å². The minimum atomic E-state index is -0.168. The standard InChI is InChI=1S/C12H23NO2/c14-12-6-9-15-10-11(12)13-7-4-2-1-3-5-8-13/h11-12,14H,1-10H2. The number of ether oxygens (including phenoxy) is 1. The molecule has 2 unspecified atom stereocenters. The van der Waals surface area contributed by atoms with Crippen molar-refractivity contribution >= 4 is 0 Å². The lowest BCUT2D eigenvalue weighted by molar-refractivity contribution is -0.0628. The Morgan fingerprint density at radius 2 is 1.67 bits per heavy atom. The van der Waals surface area contributed by atoms with Gasteiger partial charge in [-0.2, -0.15) is 0 Å². The Hall–Kier alpha value is -0.120. The van der Waals surface area contributed by atoms with E-state index in [-0.39, 0.29) is 12.1 Å². The Morgan fingerprint density at radius 1 is 1.00 bits per heavy atom. The molecule has 2 heterocycles. The topological polar surface area (TPSA) is 32.7 Å². The summed E-state index contributed by atoms with van der Waals surface area (Å²) in [5.74, 6) is 0. The predicted octanol–water partition coefficient (Wildman–Crippen LogP) is 1.40. The Bertz CT molecular complexity index is 178. The molecule has 2 saturated heterocycles. The third-order valence-electron chi connectivity index (χ3n) is 3.65. The normalized spacial score (nSPS) is 35.8. The van der Waals surface area contributed by atoms with Gasteiger partial charge in [0.15, 0.2) is 0 Å². The SMILES string of the molecule is OC1CCOCC1N1CCCCCCC1. The van der Waals surface area contributed by atoms with E-state index in [0.29, 0.717) is 0 Å². The average molecular weight is 213 g/mol. The molecule has 0 aromatic carbocycles. The molecular weight excluding hydrogens is 190 g/mol. The minimum Gasteiger partial charge on any atom is -0.391 e. The number of likely N-dealkylation sites (tertiary alicyclic amines) is 1. The molecule has 15 heavy (non-hydrogen) atoms. The van der Waals surface area contributed by atoms with Gasteiger partial charge in [-0.05, 0) is 32.4 Å². The van der Waals surface area contributed by atoms with Gasteiger partial charge >= 0.3 is 0 Å². The van der Waals surface area contributed by atoms with Gasteiger partial charge in [0.1, 0.15) is 0 Å². The number of rotatable bonds is 1. The van der Waals surface area contributed by atoms with Gasteiger partial charge in [0.25, 0.3) is 0 Å². The first-order valence-electron chi connectivity index (χ1n) is 6.38. The molecule has 0 bridgehead atoms. The van der Waals surface area contributed by atoms with Crippen LogP contribution in [0.25, 0.3) is 0 Å². The van der Waals surface area contributed by atoms with E-state index < -0.39 is 0 Å². The van der Waals surface area contributed by atoms with E-state index in [1.165, 1.54) is 32.1 Å². The molecule has 0 spiro atoms. The second-order valence-corrected chi connectivity index (χ2v) is 4.80. The Labute approximate surface area is 92.4 Å². The van der Waals surface area contributed by atoms with Crippen LogP contribution < -0.4 is 0 Å². The van der Waals surface area contributed by atoms with Gasteiger partial charge in [0.2, 0.25) is 0 Å². The molecule has 1 N–H and O–H groups in total. The zero-order valence-electron chi connectivity index (χ0n) is 9.53. The van der Waals surface area contributed by atoms with Crippen LogP contribution in [0.5, 0.6) is 0 Å². The summed E-state index contributed by atoms with van der Waals surface area (Å²) in [5.41, 5.74) is 0. The van der Waals surface area contributed by atoms with Crippen molar-refractivity contribution in [3.05, 3.63) is 0 Å². The highest BCUT2D eigenvalue weighted by atomic mass is 16.5. The molecule has 2 aliphatic heterocycles. The first kappa shape index (κ1) is 11.4. The molecule has 2 fully saturated rings. The van der Waals surface area contributed by atoms with Crippen LogP contribution in [0.2, 0.25) is 0 Å². The highest BCUT2D eigenvalue weighted by Gasteiger charge is 2.29. The van der Waals surface area contributed by atoms with Gasteiger partial charge in [-0.1, -0.05) is 19.3 Å². The third-order valence-corrected chi connectivity index (χ3v) is 3.65. The molecule has 0 radical (unpaired) electrons. The summed E-state index contributed by atoms with van der Waals surface area (Å²) in [4.78, 5) is 2.45. The molecule has 0 aromatic rings. The summed E-state index contributed by atoms with van der Waals surface area (Å²) in [7, 11) is 0. The summed E-state index contributed by atoms with van der Waals surface area (Å²) in [6.07, 6.45) is 7.28. The average Bonchev–Trinajstić information content (AvgIpc) is 2.19. The first-order chi connectivity index (χ1) is 7.38. The lowest BCUT2D eigenvalue weighted by atomic mass is 10.0. The third kappa shape index (κ3) is 3.16. The number of hydrogen-bond acceptors (Lipinski definition) is 3. The zero-order valence-corrected chi connectivity index (χ0v) is 9.53. The van der Waals surface area contributed by atoms with Crippen LogP contribution in [0.4, 0.5) is 0 Å². The van der Waals surface area contributed by atoms with E-state index in [2.05, 4.69) is 4.90 Å². The van der Waals surface area contributed by atoms with E-state index in [4.69, 9.17) is 4.74 Å². The van der Waals surface area contributed by atoms with Crippen molar-refractivity contribution < 1.29 is 9.84 Å². The lowest BCUT2D eigenvalue weighted by Crippen LogP contribution is -2.50. The fourth-order valence-electron chi connectivity index (χ4n) is 2.66. The van der Waals surface area contributed by atoms with Crippen molar-refractivity contribution in [2.75, 3.05) is 26.3 Å². The quantitative estimate of drug-likeness (QED) is 0.714. The van der Waals surface area contributed by atoms with Crippen molar-refractivity contribution in [1.29, 1.82) is 0 Å². The van der Waals surface area contributed by atoms with Crippen LogP contribution in [0.3, 0.4) is 0 Å². The van der Waals surface area contributed by atoms with Crippen LogP contribution in [0.15, 0.2) is 0 Å². The molecule has 3 nitrogen and oxygen atoms in total. The maximum Gasteiger partial charge on any atom is 0.0739 e. The van der Waals surface area contributed by atoms with Gasteiger partial charge in [0, 0.05) is 6.61 Å². The number of nitrogens with zero attached hydrogens (tertiary/aromatic N) is 1. The van der Waals surface area contributed by atoms with Crippen LogP contribution in [0, 0.1) is 0 Å². The first-order valence-corrected chi connectivity index (χ1v) is 6.38. The highest BCUT2D eigenvalue weighted by Crippen LogP contribution is 2.18. The van der Waals surface area contributed by atoms with Crippen molar-refractivity contribution in [2.45, 2.75) is 50.7 Å². The number of aliphatic hydroxyl groups excluding tert-OH is 1. The molecule has 88 valence electrons. The molecule has 2 rings (SSSR count). The number of aliphatic hydroxyl groups is 1. The van der Waals surface area contributed by atoms with E-state index in [1.807, 2.05) is 0 Å². The fourth-order valence-corrected chi connectivity index (χ4v) is 2.66. The smallest absolute Gasteiger partial charge is 0.0739 e. The number of hydrogen-bond donors (Lipinski definition) is 1. The largest absolute Gasteiger partial charge is 0.391 e.